The van der Waals surface area contributed by atoms with Crippen molar-refractivity contribution >= 4 is 23.5 Å². The van der Waals surface area contributed by atoms with Crippen LogP contribution in [0.5, 0.6) is 5.88 Å². The van der Waals surface area contributed by atoms with Crippen molar-refractivity contribution in [3.63, 3.8) is 0 Å². The number of anilines is 3. The lowest BCUT2D eigenvalue weighted by molar-refractivity contribution is -0.137. The molecule has 0 aliphatic carbocycles. The van der Waals surface area contributed by atoms with E-state index in [0.717, 1.165) is 12.1 Å². The van der Waals surface area contributed by atoms with Crippen LogP contribution in [0, 0.1) is 0 Å². The number of amides is 2. The summed E-state index contributed by atoms with van der Waals surface area (Å²) in [5, 5.41) is 21.0. The van der Waals surface area contributed by atoms with E-state index in [-0.39, 0.29) is 41.7 Å². The highest BCUT2D eigenvalue weighted by Gasteiger charge is 2.41. The number of carbonyl (C=O) groups excluding carboxylic acids is 1. The third-order valence-corrected chi connectivity index (χ3v) is 6.00. The fourth-order valence-corrected chi connectivity index (χ4v) is 4.22. The van der Waals surface area contributed by atoms with Crippen LogP contribution >= 0.6 is 0 Å². The fourth-order valence-electron chi connectivity index (χ4n) is 4.22. The molecular formula is C23H22F3N7O4. The Kier molecular flexibility index (Phi) is 6.52. The molecule has 1 unspecified atom stereocenters. The molecule has 37 heavy (non-hydrogen) atoms. The van der Waals surface area contributed by atoms with Gasteiger partial charge >= 0.3 is 12.2 Å². The zero-order valence-electron chi connectivity index (χ0n) is 19.3. The molecule has 2 aliphatic rings. The van der Waals surface area contributed by atoms with Gasteiger partial charge in [0.15, 0.2) is 11.6 Å². The Bertz CT molecular complexity index is 1310. The molecule has 0 spiro atoms. The topological polar surface area (TPSA) is 137 Å². The van der Waals surface area contributed by atoms with E-state index in [0.29, 0.717) is 25.2 Å². The second-order valence-corrected chi connectivity index (χ2v) is 8.54. The Hall–Kier alpha value is -4.04. The Balaban J connectivity index is 1.42. The summed E-state index contributed by atoms with van der Waals surface area (Å²) in [6, 6.07) is 5.33. The molecule has 14 heteroatoms. The van der Waals surface area contributed by atoms with E-state index in [9.17, 15) is 23.1 Å². The van der Waals surface area contributed by atoms with Crippen LogP contribution in [0.25, 0.3) is 11.4 Å². The van der Waals surface area contributed by atoms with E-state index >= 15 is 0 Å². The number of alkyl halides is 3. The van der Waals surface area contributed by atoms with Crippen LogP contribution in [0.15, 0.2) is 42.7 Å². The fraction of sp³-hybridized carbons (Fsp3) is 0.348. The number of nitrogens with zero attached hydrogens (tertiary/aromatic N) is 6. The Morgan fingerprint density at radius 3 is 2.86 bits per heavy atom. The number of carbonyl (C=O) groups is 1. The third-order valence-electron chi connectivity index (χ3n) is 6.00. The van der Waals surface area contributed by atoms with Crippen molar-refractivity contribution in [2.45, 2.75) is 24.7 Å². The number of hydrogen-bond donors (Lipinski definition) is 3. The zero-order chi connectivity index (χ0) is 26.2. The molecule has 2 aromatic heterocycles. The third kappa shape index (κ3) is 5.11. The molecule has 3 N–H and O–H groups in total. The molecule has 5 rings (SSSR count). The van der Waals surface area contributed by atoms with E-state index in [2.05, 4.69) is 25.3 Å². The highest BCUT2D eigenvalue weighted by atomic mass is 19.4. The van der Waals surface area contributed by atoms with Crippen molar-refractivity contribution in [3.8, 4) is 17.3 Å². The minimum absolute atomic E-state index is 0.0549. The molecule has 1 aromatic carbocycles. The molecule has 2 atom stereocenters. The van der Waals surface area contributed by atoms with Crippen molar-refractivity contribution in [2.24, 2.45) is 0 Å². The summed E-state index contributed by atoms with van der Waals surface area (Å²) >= 11 is 0. The van der Waals surface area contributed by atoms with Crippen molar-refractivity contribution in [1.29, 1.82) is 0 Å². The van der Waals surface area contributed by atoms with Gasteiger partial charge in [-0.25, -0.2) is 19.7 Å². The number of rotatable bonds is 6. The van der Waals surface area contributed by atoms with E-state index in [4.69, 9.17) is 9.84 Å². The maximum absolute atomic E-state index is 13.4. The van der Waals surface area contributed by atoms with Gasteiger partial charge in [-0.15, -0.1) is 0 Å². The van der Waals surface area contributed by atoms with Gasteiger partial charge in [0.25, 0.3) is 0 Å². The summed E-state index contributed by atoms with van der Waals surface area (Å²) in [6.07, 6.45) is -2.08. The largest absolute Gasteiger partial charge is 0.475 e. The predicted molar refractivity (Wildman–Crippen MR) is 125 cm³/mol. The van der Waals surface area contributed by atoms with E-state index < -0.39 is 30.5 Å². The lowest BCUT2D eigenvalue weighted by Gasteiger charge is -2.35. The normalized spacial score (nSPS) is 17.4. The first-order valence-corrected chi connectivity index (χ1v) is 11.4. The number of hydrogen-bond acceptors (Lipinski definition) is 9. The van der Waals surface area contributed by atoms with Crippen LogP contribution in [-0.4, -0.2) is 74.6 Å². The van der Waals surface area contributed by atoms with Gasteiger partial charge in [0, 0.05) is 30.9 Å². The Morgan fingerprint density at radius 1 is 1.24 bits per heavy atom. The molecule has 0 radical (unpaired) electrons. The summed E-state index contributed by atoms with van der Waals surface area (Å²) in [4.78, 5) is 33.7. The monoisotopic (exact) mass is 517 g/mol. The number of aliphatic hydroxyl groups excluding tert-OH is 2. The highest BCUT2D eigenvalue weighted by molar-refractivity contribution is 6.03. The van der Waals surface area contributed by atoms with Crippen LogP contribution in [0.2, 0.25) is 0 Å². The number of aromatic nitrogens is 4. The number of nitrogens with one attached hydrogen (secondary N) is 1. The average molecular weight is 517 g/mol. The number of ether oxygens (including phenoxy) is 1. The summed E-state index contributed by atoms with van der Waals surface area (Å²) in [5.74, 6) is 0.347. The number of benzene rings is 1. The Labute approximate surface area is 208 Å². The first-order valence-electron chi connectivity index (χ1n) is 11.4. The first kappa shape index (κ1) is 24.6. The van der Waals surface area contributed by atoms with Gasteiger partial charge in [-0.1, -0.05) is 12.1 Å². The van der Waals surface area contributed by atoms with E-state index in [1.54, 1.807) is 0 Å². The van der Waals surface area contributed by atoms with Gasteiger partial charge in [-0.2, -0.15) is 18.2 Å². The minimum atomic E-state index is -4.52. The van der Waals surface area contributed by atoms with E-state index in [1.165, 1.54) is 35.5 Å². The average Bonchev–Trinajstić information content (AvgIpc) is 3.31. The molecule has 3 aromatic rings. The van der Waals surface area contributed by atoms with Crippen molar-refractivity contribution in [2.75, 3.05) is 41.4 Å². The summed E-state index contributed by atoms with van der Waals surface area (Å²) in [6.45, 7) is 0.538. The number of urea groups is 1. The molecule has 2 amide bonds. The summed E-state index contributed by atoms with van der Waals surface area (Å²) in [5.41, 5.74) is -0.0599. The zero-order valence-corrected chi connectivity index (χ0v) is 19.3. The van der Waals surface area contributed by atoms with Crippen molar-refractivity contribution in [3.05, 3.63) is 48.3 Å². The Morgan fingerprint density at radius 2 is 2.08 bits per heavy atom. The SMILES string of the molecule is O=C(Nc1nccc(OC[C@H](O)CO)n1)N1c2nc(-c3cccc(C(F)(F)F)c3)ncc2N2CCC1C2. The van der Waals surface area contributed by atoms with Crippen LogP contribution < -0.4 is 19.9 Å². The van der Waals surface area contributed by atoms with Gasteiger partial charge in [-0.05, 0) is 18.6 Å². The first-order chi connectivity index (χ1) is 17.7. The van der Waals surface area contributed by atoms with Crippen molar-refractivity contribution < 1.29 is 32.9 Å². The van der Waals surface area contributed by atoms with Gasteiger partial charge in [0.2, 0.25) is 11.8 Å². The predicted octanol–water partition coefficient (Wildman–Crippen LogP) is 2.32. The van der Waals surface area contributed by atoms with E-state index in [1.807, 2.05) is 4.90 Å². The lowest BCUT2D eigenvalue weighted by Crippen LogP contribution is -2.48. The molecule has 11 nitrogen and oxygen atoms in total. The summed E-state index contributed by atoms with van der Waals surface area (Å²) < 4.78 is 45.0. The van der Waals surface area contributed by atoms with Gasteiger partial charge in [0.05, 0.1) is 30.1 Å². The smallest absolute Gasteiger partial charge is 0.416 e. The molecule has 2 bridgehead atoms. The van der Waals surface area contributed by atoms with Gasteiger partial charge in [-0.3, -0.25) is 10.2 Å². The van der Waals surface area contributed by atoms with Crippen LogP contribution in [0.1, 0.15) is 12.0 Å². The number of aliphatic hydroxyl groups is 2. The molecule has 1 fully saturated rings. The van der Waals surface area contributed by atoms with Crippen LogP contribution in [0.4, 0.5) is 35.4 Å². The number of halogens is 3. The summed E-state index contributed by atoms with van der Waals surface area (Å²) in [7, 11) is 0. The molecule has 194 valence electrons. The number of fused-ring (bicyclic) bond motifs is 4. The van der Waals surface area contributed by atoms with Crippen LogP contribution in [0.3, 0.4) is 0 Å². The van der Waals surface area contributed by atoms with Crippen LogP contribution in [-0.2, 0) is 6.18 Å². The second kappa shape index (κ2) is 9.78. The molecular weight excluding hydrogens is 495 g/mol. The van der Waals surface area contributed by atoms with Gasteiger partial charge < -0.3 is 19.8 Å². The lowest BCUT2D eigenvalue weighted by atomic mass is 10.1. The molecule has 4 heterocycles. The quantitative estimate of drug-likeness (QED) is 0.450. The molecule has 2 aliphatic heterocycles. The highest BCUT2D eigenvalue weighted by Crippen LogP contribution is 2.40. The minimum Gasteiger partial charge on any atom is -0.475 e. The maximum atomic E-state index is 13.4. The van der Waals surface area contributed by atoms with Gasteiger partial charge in [0.1, 0.15) is 12.7 Å². The molecule has 1 saturated heterocycles. The molecule has 0 saturated carbocycles. The maximum Gasteiger partial charge on any atom is 0.416 e. The second-order valence-electron chi connectivity index (χ2n) is 8.54. The van der Waals surface area contributed by atoms with Crippen molar-refractivity contribution in [1.82, 2.24) is 19.9 Å². The standard InChI is InChI=1S/C23H22F3N7O4/c24-23(25,26)14-3-1-2-13(8-14)19-28-9-17-20(30-19)33(15-5-7-32(17)10-15)22(36)31-21-27-6-4-18(29-21)37-12-16(35)11-34/h1-4,6,8-9,15-16,34-35H,5,7,10-12H2,(H,27,29,31,36)/t15?,16-/m1/s1.